The van der Waals surface area contributed by atoms with E-state index in [-0.39, 0.29) is 29.5 Å². The number of halogens is 2. The van der Waals surface area contributed by atoms with Gasteiger partial charge in [-0.05, 0) is 34.1 Å². The summed E-state index contributed by atoms with van der Waals surface area (Å²) in [4.78, 5) is 11.7. The molecular formula is C10H13BrFN3O. The maximum absolute atomic E-state index is 12.9. The van der Waals surface area contributed by atoms with Crippen LogP contribution < -0.4 is 16.8 Å². The smallest absolute Gasteiger partial charge is 0.251 e. The van der Waals surface area contributed by atoms with Crippen LogP contribution in [0.15, 0.2) is 22.7 Å². The first kappa shape index (κ1) is 13.1. The first-order valence-corrected chi connectivity index (χ1v) is 5.53. The number of nitrogens with one attached hydrogen (secondary N) is 1. The molecule has 0 bridgehead atoms. The number of benzene rings is 1. The minimum absolute atomic E-state index is 0.247. The molecule has 0 aliphatic rings. The van der Waals surface area contributed by atoms with Crippen LogP contribution in [0.4, 0.5) is 4.39 Å². The molecule has 0 spiro atoms. The van der Waals surface area contributed by atoms with Gasteiger partial charge < -0.3 is 16.8 Å². The lowest BCUT2D eigenvalue weighted by atomic mass is 10.2. The van der Waals surface area contributed by atoms with Gasteiger partial charge in [0.05, 0.1) is 10.5 Å². The van der Waals surface area contributed by atoms with Crippen molar-refractivity contribution in [2.75, 3.05) is 13.1 Å². The molecule has 0 radical (unpaired) electrons. The fraction of sp³-hybridized carbons (Fsp3) is 0.300. The number of rotatable bonds is 4. The monoisotopic (exact) mass is 289 g/mol. The van der Waals surface area contributed by atoms with Crippen molar-refractivity contribution in [2.24, 2.45) is 11.5 Å². The summed E-state index contributed by atoms with van der Waals surface area (Å²) >= 11 is 3.01. The quantitative estimate of drug-likeness (QED) is 0.759. The Balaban J connectivity index is 2.76. The van der Waals surface area contributed by atoms with Crippen LogP contribution in [0.25, 0.3) is 0 Å². The minimum Gasteiger partial charge on any atom is -0.347 e. The van der Waals surface area contributed by atoms with E-state index in [1.165, 1.54) is 18.2 Å². The van der Waals surface area contributed by atoms with Crippen LogP contribution in [0.2, 0.25) is 0 Å². The molecule has 0 saturated carbocycles. The Morgan fingerprint density at radius 1 is 1.44 bits per heavy atom. The van der Waals surface area contributed by atoms with E-state index in [0.717, 1.165) is 0 Å². The third-order valence-electron chi connectivity index (χ3n) is 2.09. The Kier molecular flexibility index (Phi) is 4.85. The van der Waals surface area contributed by atoms with E-state index in [2.05, 4.69) is 21.2 Å². The maximum Gasteiger partial charge on any atom is 0.251 e. The van der Waals surface area contributed by atoms with Gasteiger partial charge in [-0.3, -0.25) is 4.79 Å². The first-order valence-electron chi connectivity index (χ1n) is 4.74. The molecular weight excluding hydrogens is 277 g/mol. The molecule has 0 aliphatic heterocycles. The number of nitrogens with two attached hydrogens (primary N) is 2. The normalized spacial score (nSPS) is 10.6. The van der Waals surface area contributed by atoms with E-state index < -0.39 is 5.82 Å². The van der Waals surface area contributed by atoms with E-state index in [1.54, 1.807) is 0 Å². The molecule has 0 fully saturated rings. The van der Waals surface area contributed by atoms with Crippen molar-refractivity contribution in [2.45, 2.75) is 6.04 Å². The predicted molar refractivity (Wildman–Crippen MR) is 63.5 cm³/mol. The second-order valence-electron chi connectivity index (χ2n) is 3.27. The molecule has 88 valence electrons. The Morgan fingerprint density at radius 2 is 2.06 bits per heavy atom. The molecule has 0 unspecified atom stereocenters. The number of carbonyl (C=O) groups is 1. The van der Waals surface area contributed by atoms with Gasteiger partial charge in [0.25, 0.3) is 5.91 Å². The van der Waals surface area contributed by atoms with Crippen molar-refractivity contribution in [1.82, 2.24) is 5.32 Å². The first-order chi connectivity index (χ1) is 7.58. The minimum atomic E-state index is -0.411. The highest BCUT2D eigenvalue weighted by Crippen LogP contribution is 2.16. The third kappa shape index (κ3) is 3.26. The SMILES string of the molecule is NCC(CN)NC(=O)c1ccc(F)c(Br)c1. The summed E-state index contributed by atoms with van der Waals surface area (Å²) in [6, 6.07) is 3.77. The lowest BCUT2D eigenvalue weighted by Crippen LogP contribution is -2.45. The highest BCUT2D eigenvalue weighted by atomic mass is 79.9. The Morgan fingerprint density at radius 3 is 2.56 bits per heavy atom. The van der Waals surface area contributed by atoms with E-state index in [9.17, 15) is 9.18 Å². The second kappa shape index (κ2) is 5.93. The van der Waals surface area contributed by atoms with Crippen molar-refractivity contribution in [1.29, 1.82) is 0 Å². The largest absolute Gasteiger partial charge is 0.347 e. The molecule has 0 aromatic heterocycles. The van der Waals surface area contributed by atoms with Crippen molar-refractivity contribution in [3.8, 4) is 0 Å². The maximum atomic E-state index is 12.9. The average Bonchev–Trinajstić information content (AvgIpc) is 2.29. The van der Waals surface area contributed by atoms with E-state index in [4.69, 9.17) is 11.5 Å². The van der Waals surface area contributed by atoms with Gasteiger partial charge in [0.1, 0.15) is 5.82 Å². The van der Waals surface area contributed by atoms with Crippen molar-refractivity contribution >= 4 is 21.8 Å². The van der Waals surface area contributed by atoms with Crippen LogP contribution in [0, 0.1) is 5.82 Å². The molecule has 4 nitrogen and oxygen atoms in total. The predicted octanol–water partition coefficient (Wildman–Crippen LogP) is 0.604. The van der Waals surface area contributed by atoms with Crippen LogP contribution in [0.3, 0.4) is 0 Å². The zero-order valence-corrected chi connectivity index (χ0v) is 10.1. The van der Waals surface area contributed by atoms with Gasteiger partial charge in [-0.15, -0.1) is 0 Å². The number of hydrogen-bond acceptors (Lipinski definition) is 3. The standard InChI is InChI=1S/C10H13BrFN3O/c11-8-3-6(1-2-9(8)12)10(16)15-7(4-13)5-14/h1-3,7H,4-5,13-14H2,(H,15,16). The summed E-state index contributed by atoms with van der Waals surface area (Å²) in [5.41, 5.74) is 11.2. The summed E-state index contributed by atoms with van der Waals surface area (Å²) in [6.45, 7) is 0.537. The summed E-state index contributed by atoms with van der Waals surface area (Å²) in [7, 11) is 0. The zero-order valence-electron chi connectivity index (χ0n) is 8.54. The fourth-order valence-electron chi connectivity index (χ4n) is 1.12. The topological polar surface area (TPSA) is 81.1 Å². The van der Waals surface area contributed by atoms with Crippen molar-refractivity contribution in [3.63, 3.8) is 0 Å². The average molecular weight is 290 g/mol. The van der Waals surface area contributed by atoms with Crippen molar-refractivity contribution < 1.29 is 9.18 Å². The molecule has 0 aliphatic carbocycles. The molecule has 1 aromatic rings. The summed E-state index contributed by atoms with van der Waals surface area (Å²) in [5.74, 6) is -0.729. The zero-order chi connectivity index (χ0) is 12.1. The van der Waals surface area contributed by atoms with Gasteiger partial charge in [0.15, 0.2) is 0 Å². The molecule has 1 aromatic carbocycles. The van der Waals surface area contributed by atoms with Gasteiger partial charge in [-0.2, -0.15) is 0 Å². The number of hydrogen-bond donors (Lipinski definition) is 3. The summed E-state index contributed by atoms with van der Waals surface area (Å²) in [5, 5.41) is 2.65. The molecule has 0 atom stereocenters. The molecule has 5 N–H and O–H groups in total. The van der Waals surface area contributed by atoms with Gasteiger partial charge in [0.2, 0.25) is 0 Å². The number of carbonyl (C=O) groups excluding carboxylic acids is 1. The summed E-state index contributed by atoms with van der Waals surface area (Å²) in [6.07, 6.45) is 0. The Hall–Kier alpha value is -0.980. The molecule has 1 rings (SSSR count). The van der Waals surface area contributed by atoms with E-state index in [1.807, 2.05) is 0 Å². The van der Waals surface area contributed by atoms with Gasteiger partial charge in [-0.1, -0.05) is 0 Å². The van der Waals surface area contributed by atoms with Crippen LogP contribution >= 0.6 is 15.9 Å². The van der Waals surface area contributed by atoms with E-state index >= 15 is 0 Å². The third-order valence-corrected chi connectivity index (χ3v) is 2.69. The summed E-state index contributed by atoms with van der Waals surface area (Å²) < 4.78 is 13.2. The highest BCUT2D eigenvalue weighted by molar-refractivity contribution is 9.10. The van der Waals surface area contributed by atoms with Crippen molar-refractivity contribution in [3.05, 3.63) is 34.1 Å². The Bertz CT molecular complexity index is 382. The van der Waals surface area contributed by atoms with Gasteiger partial charge in [-0.25, -0.2) is 4.39 Å². The highest BCUT2D eigenvalue weighted by Gasteiger charge is 2.12. The molecule has 6 heteroatoms. The molecule has 1 amide bonds. The van der Waals surface area contributed by atoms with Gasteiger partial charge in [0, 0.05) is 18.7 Å². The lowest BCUT2D eigenvalue weighted by Gasteiger charge is -2.14. The number of amides is 1. The molecule has 16 heavy (non-hydrogen) atoms. The van der Waals surface area contributed by atoms with Crippen LogP contribution in [0.5, 0.6) is 0 Å². The van der Waals surface area contributed by atoms with Gasteiger partial charge >= 0.3 is 0 Å². The molecule has 0 heterocycles. The Labute approximate surface area is 101 Å². The second-order valence-corrected chi connectivity index (χ2v) is 4.13. The van der Waals surface area contributed by atoms with E-state index in [0.29, 0.717) is 5.56 Å². The van der Waals surface area contributed by atoms with Crippen LogP contribution in [-0.4, -0.2) is 25.0 Å². The fourth-order valence-corrected chi connectivity index (χ4v) is 1.50. The van der Waals surface area contributed by atoms with Crippen LogP contribution in [-0.2, 0) is 0 Å². The lowest BCUT2D eigenvalue weighted by molar-refractivity contribution is 0.0939. The van der Waals surface area contributed by atoms with Crippen LogP contribution in [0.1, 0.15) is 10.4 Å². The molecule has 0 saturated heterocycles.